The van der Waals surface area contributed by atoms with Crippen molar-refractivity contribution in [3.8, 4) is 0 Å². The lowest BCUT2D eigenvalue weighted by molar-refractivity contribution is -0.121. The van der Waals surface area contributed by atoms with Crippen LogP contribution in [0.3, 0.4) is 0 Å². The van der Waals surface area contributed by atoms with E-state index in [-0.39, 0.29) is 5.54 Å². The Balaban J connectivity index is 1.86. The molecule has 0 aromatic rings. The van der Waals surface area contributed by atoms with Gasteiger partial charge in [-0.3, -0.25) is 4.90 Å². The second-order valence-corrected chi connectivity index (χ2v) is 6.70. The summed E-state index contributed by atoms with van der Waals surface area (Å²) in [7, 11) is 0. The maximum atomic E-state index is 6.31. The van der Waals surface area contributed by atoms with Crippen molar-refractivity contribution in [2.75, 3.05) is 39.3 Å². The molecular weight excluding hydrogens is 238 g/mol. The van der Waals surface area contributed by atoms with E-state index in [9.17, 15) is 0 Å². The number of hydrogen-bond donors (Lipinski definition) is 1. The molecule has 5 unspecified atom stereocenters. The van der Waals surface area contributed by atoms with E-state index in [1.165, 1.54) is 38.9 Å². The van der Waals surface area contributed by atoms with Crippen LogP contribution in [0.25, 0.3) is 0 Å². The molecule has 2 bridgehead atoms. The van der Waals surface area contributed by atoms with Crippen LogP contribution < -0.4 is 5.73 Å². The number of nitrogens with two attached hydrogens (primary N) is 1. The Hall–Kier alpha value is -0.160. The molecule has 4 nitrogen and oxygen atoms in total. The summed E-state index contributed by atoms with van der Waals surface area (Å²) in [6.07, 6.45) is 4.10. The number of nitrogens with zero attached hydrogens (tertiary/aromatic N) is 2. The van der Waals surface area contributed by atoms with E-state index < -0.39 is 0 Å². The summed E-state index contributed by atoms with van der Waals surface area (Å²) in [6.45, 7) is 11.0. The summed E-state index contributed by atoms with van der Waals surface area (Å²) in [5.74, 6) is 0.769. The highest BCUT2D eigenvalue weighted by Gasteiger charge is 2.51. The quantitative estimate of drug-likeness (QED) is 0.825. The van der Waals surface area contributed by atoms with E-state index in [1.54, 1.807) is 0 Å². The summed E-state index contributed by atoms with van der Waals surface area (Å²) in [6, 6.07) is 0.562. The maximum Gasteiger partial charge on any atom is 0.0675 e. The van der Waals surface area contributed by atoms with Crippen LogP contribution in [0.4, 0.5) is 0 Å². The summed E-state index contributed by atoms with van der Waals surface area (Å²) in [5, 5.41) is 0. The Morgan fingerprint density at radius 3 is 2.89 bits per heavy atom. The van der Waals surface area contributed by atoms with Crippen molar-refractivity contribution in [3.05, 3.63) is 0 Å². The molecule has 3 fully saturated rings. The number of morpholine rings is 1. The highest BCUT2D eigenvalue weighted by molar-refractivity contribution is 5.07. The molecule has 0 radical (unpaired) electrons. The average molecular weight is 267 g/mol. The third-order valence-electron chi connectivity index (χ3n) is 5.76. The van der Waals surface area contributed by atoms with Gasteiger partial charge < -0.3 is 15.4 Å². The monoisotopic (exact) mass is 267 g/mol. The third-order valence-corrected chi connectivity index (χ3v) is 5.76. The van der Waals surface area contributed by atoms with E-state index in [4.69, 9.17) is 10.5 Å². The van der Waals surface area contributed by atoms with Crippen LogP contribution in [-0.4, -0.2) is 66.8 Å². The fourth-order valence-corrected chi connectivity index (χ4v) is 4.52. The van der Waals surface area contributed by atoms with Gasteiger partial charge in [0.25, 0.3) is 0 Å². The predicted molar refractivity (Wildman–Crippen MR) is 77.1 cm³/mol. The lowest BCUT2D eigenvalue weighted by Crippen LogP contribution is -2.68. The van der Waals surface area contributed by atoms with Crippen LogP contribution in [0.2, 0.25) is 0 Å². The van der Waals surface area contributed by atoms with Gasteiger partial charge in [0.1, 0.15) is 0 Å². The van der Waals surface area contributed by atoms with Crippen LogP contribution in [0.5, 0.6) is 0 Å². The fraction of sp³-hybridized carbons (Fsp3) is 1.00. The second-order valence-electron chi connectivity index (χ2n) is 6.70. The van der Waals surface area contributed by atoms with Crippen molar-refractivity contribution < 1.29 is 4.74 Å². The number of rotatable bonds is 3. The molecule has 3 saturated heterocycles. The molecule has 0 aromatic heterocycles. The molecule has 0 aliphatic carbocycles. The molecule has 5 atom stereocenters. The van der Waals surface area contributed by atoms with Gasteiger partial charge in [0.15, 0.2) is 0 Å². The van der Waals surface area contributed by atoms with E-state index in [0.29, 0.717) is 12.1 Å². The minimum atomic E-state index is 0.242. The molecule has 4 heteroatoms. The van der Waals surface area contributed by atoms with Gasteiger partial charge in [-0.05, 0) is 45.2 Å². The van der Waals surface area contributed by atoms with Crippen LogP contribution >= 0.6 is 0 Å². The minimum Gasteiger partial charge on any atom is -0.376 e. The fourth-order valence-electron chi connectivity index (χ4n) is 4.52. The molecule has 3 aliphatic heterocycles. The first-order valence-electron chi connectivity index (χ1n) is 8.00. The van der Waals surface area contributed by atoms with Gasteiger partial charge in [-0.1, -0.05) is 6.92 Å². The molecule has 110 valence electrons. The number of piperidine rings is 1. The van der Waals surface area contributed by atoms with Crippen molar-refractivity contribution in [1.29, 1.82) is 0 Å². The SMILES string of the molecule is CCC1COC(C)CN1C1(CN)CCN2CCC1C2. The molecule has 3 heterocycles. The van der Waals surface area contributed by atoms with Gasteiger partial charge in [-0.25, -0.2) is 0 Å². The summed E-state index contributed by atoms with van der Waals surface area (Å²) < 4.78 is 5.88. The summed E-state index contributed by atoms with van der Waals surface area (Å²) in [5.41, 5.74) is 6.56. The standard InChI is InChI=1S/C15H29N3O/c1-3-14-10-19-12(2)8-18(14)15(11-16)5-7-17-6-4-13(15)9-17/h12-14H,3-11,16H2,1-2H3. The Kier molecular flexibility index (Phi) is 3.87. The van der Waals surface area contributed by atoms with Crippen molar-refractivity contribution >= 4 is 0 Å². The molecule has 0 saturated carbocycles. The zero-order valence-corrected chi connectivity index (χ0v) is 12.5. The van der Waals surface area contributed by atoms with Crippen LogP contribution in [0, 0.1) is 5.92 Å². The van der Waals surface area contributed by atoms with Gasteiger partial charge >= 0.3 is 0 Å². The van der Waals surface area contributed by atoms with E-state index in [1.807, 2.05) is 0 Å². The van der Waals surface area contributed by atoms with Gasteiger partial charge in [0.2, 0.25) is 0 Å². The van der Waals surface area contributed by atoms with Gasteiger partial charge in [0, 0.05) is 31.2 Å². The Morgan fingerprint density at radius 1 is 1.32 bits per heavy atom. The molecule has 0 aromatic carbocycles. The highest BCUT2D eigenvalue weighted by atomic mass is 16.5. The Bertz CT molecular complexity index is 325. The second kappa shape index (κ2) is 5.32. The van der Waals surface area contributed by atoms with E-state index >= 15 is 0 Å². The number of hydrogen-bond acceptors (Lipinski definition) is 4. The Labute approximate surface area is 117 Å². The third kappa shape index (κ3) is 2.23. The topological polar surface area (TPSA) is 41.7 Å². The molecule has 3 aliphatic rings. The predicted octanol–water partition coefficient (Wildman–Crippen LogP) is 0.909. The summed E-state index contributed by atoms with van der Waals surface area (Å²) >= 11 is 0. The van der Waals surface area contributed by atoms with Crippen LogP contribution in [0.15, 0.2) is 0 Å². The first-order valence-corrected chi connectivity index (χ1v) is 8.00. The largest absolute Gasteiger partial charge is 0.376 e. The van der Waals surface area contributed by atoms with Crippen LogP contribution in [0.1, 0.15) is 33.1 Å². The lowest BCUT2D eigenvalue weighted by Gasteiger charge is -2.55. The molecule has 0 amide bonds. The average Bonchev–Trinajstić information content (AvgIpc) is 2.84. The molecular formula is C15H29N3O. The Morgan fingerprint density at radius 2 is 2.16 bits per heavy atom. The van der Waals surface area contributed by atoms with Crippen LogP contribution in [-0.2, 0) is 4.74 Å². The van der Waals surface area contributed by atoms with E-state index in [2.05, 4.69) is 23.6 Å². The molecule has 19 heavy (non-hydrogen) atoms. The molecule has 0 spiro atoms. The zero-order valence-electron chi connectivity index (χ0n) is 12.5. The van der Waals surface area contributed by atoms with Crippen molar-refractivity contribution in [2.45, 2.75) is 50.8 Å². The van der Waals surface area contributed by atoms with Crippen molar-refractivity contribution in [2.24, 2.45) is 11.7 Å². The van der Waals surface area contributed by atoms with Crippen molar-refractivity contribution in [3.63, 3.8) is 0 Å². The highest BCUT2D eigenvalue weighted by Crippen LogP contribution is 2.41. The first kappa shape index (κ1) is 13.8. The van der Waals surface area contributed by atoms with Gasteiger partial charge in [-0.2, -0.15) is 0 Å². The zero-order chi connectivity index (χ0) is 13.5. The van der Waals surface area contributed by atoms with Gasteiger partial charge in [0.05, 0.1) is 12.7 Å². The summed E-state index contributed by atoms with van der Waals surface area (Å²) in [4.78, 5) is 5.36. The maximum absolute atomic E-state index is 6.31. The van der Waals surface area contributed by atoms with Gasteiger partial charge in [-0.15, -0.1) is 0 Å². The van der Waals surface area contributed by atoms with E-state index in [0.717, 1.165) is 25.6 Å². The lowest BCUT2D eigenvalue weighted by atomic mass is 9.76. The normalized spacial score (nSPS) is 47.5. The van der Waals surface area contributed by atoms with Crippen molar-refractivity contribution in [1.82, 2.24) is 9.80 Å². The number of ether oxygens (including phenoxy) is 1. The molecule has 2 N–H and O–H groups in total. The first-order chi connectivity index (χ1) is 9.19. The minimum absolute atomic E-state index is 0.242. The number of fused-ring (bicyclic) bond motifs is 2. The molecule has 3 rings (SSSR count). The smallest absolute Gasteiger partial charge is 0.0675 e.